The molecule has 0 saturated carbocycles. The second-order valence-electron chi connectivity index (χ2n) is 6.11. The van der Waals surface area contributed by atoms with E-state index in [0.29, 0.717) is 11.4 Å². The molecule has 0 bridgehead atoms. The summed E-state index contributed by atoms with van der Waals surface area (Å²) in [6.07, 6.45) is 0. The lowest BCUT2D eigenvalue weighted by molar-refractivity contribution is -0.147. The minimum Gasteiger partial charge on any atom is -0.482 e. The fourth-order valence-corrected chi connectivity index (χ4v) is 4.79. The van der Waals surface area contributed by atoms with Crippen molar-refractivity contribution in [1.29, 1.82) is 0 Å². The number of benzene rings is 1. The molecule has 0 aliphatic carbocycles. The molecule has 11 heteroatoms. The van der Waals surface area contributed by atoms with Crippen molar-refractivity contribution < 1.29 is 36.6 Å². The SMILES string of the molecule is COC(=O)c1ccc(COC(=O)COc2ccc(N(C)S(=O)(=O)c3cccs3)cc2)o1. The Labute approximate surface area is 182 Å². The maximum atomic E-state index is 12.5. The third-order valence-electron chi connectivity index (χ3n) is 4.09. The molecule has 0 spiro atoms. The number of methoxy groups -OCH3 is 1. The van der Waals surface area contributed by atoms with Crippen molar-refractivity contribution in [2.45, 2.75) is 10.8 Å². The van der Waals surface area contributed by atoms with Gasteiger partial charge in [-0.3, -0.25) is 4.31 Å². The maximum absolute atomic E-state index is 12.5. The lowest BCUT2D eigenvalue weighted by atomic mass is 10.3. The van der Waals surface area contributed by atoms with E-state index in [1.165, 1.54) is 30.6 Å². The van der Waals surface area contributed by atoms with E-state index in [0.717, 1.165) is 11.3 Å². The van der Waals surface area contributed by atoms with Gasteiger partial charge in [-0.15, -0.1) is 11.3 Å². The lowest BCUT2D eigenvalue weighted by Gasteiger charge is -2.18. The Morgan fingerprint density at radius 2 is 1.84 bits per heavy atom. The van der Waals surface area contributed by atoms with Crippen molar-refractivity contribution in [3.05, 3.63) is 65.4 Å². The largest absolute Gasteiger partial charge is 0.482 e. The molecule has 2 heterocycles. The highest BCUT2D eigenvalue weighted by Gasteiger charge is 2.22. The molecular weight excluding hydrogens is 446 g/mol. The van der Waals surface area contributed by atoms with E-state index in [1.807, 2.05) is 0 Å². The van der Waals surface area contributed by atoms with Crippen LogP contribution in [0.25, 0.3) is 0 Å². The smallest absolute Gasteiger partial charge is 0.373 e. The van der Waals surface area contributed by atoms with Gasteiger partial charge in [-0.2, -0.15) is 0 Å². The number of furan rings is 1. The first-order chi connectivity index (χ1) is 14.8. The van der Waals surface area contributed by atoms with Crippen molar-refractivity contribution in [3.8, 4) is 5.75 Å². The fraction of sp³-hybridized carbons (Fsp3) is 0.200. The van der Waals surface area contributed by atoms with E-state index < -0.39 is 22.0 Å². The Morgan fingerprint density at radius 1 is 1.10 bits per heavy atom. The number of thiophene rings is 1. The van der Waals surface area contributed by atoms with Crippen LogP contribution < -0.4 is 9.04 Å². The molecule has 0 aliphatic rings. The van der Waals surface area contributed by atoms with E-state index in [1.54, 1.807) is 41.8 Å². The summed E-state index contributed by atoms with van der Waals surface area (Å²) in [6.45, 7) is -0.517. The van der Waals surface area contributed by atoms with Crippen molar-refractivity contribution in [1.82, 2.24) is 0 Å². The second-order valence-corrected chi connectivity index (χ2v) is 9.25. The Kier molecular flexibility index (Phi) is 6.98. The standard InChI is InChI=1S/C20H19NO8S2/c1-21(31(24,25)19-4-3-11-30-19)14-5-7-15(8-6-14)27-13-18(22)28-12-16-9-10-17(29-16)20(23)26-2/h3-11H,12-13H2,1-2H3. The molecule has 2 aromatic heterocycles. The minimum atomic E-state index is -3.63. The van der Waals surface area contributed by atoms with Gasteiger partial charge in [-0.25, -0.2) is 18.0 Å². The van der Waals surface area contributed by atoms with E-state index in [4.69, 9.17) is 13.9 Å². The summed E-state index contributed by atoms with van der Waals surface area (Å²) in [5.41, 5.74) is 0.447. The van der Waals surface area contributed by atoms with Gasteiger partial charge in [0.15, 0.2) is 6.61 Å². The van der Waals surface area contributed by atoms with Crippen LogP contribution in [0.2, 0.25) is 0 Å². The molecule has 0 fully saturated rings. The third kappa shape index (κ3) is 5.44. The number of sulfonamides is 1. The summed E-state index contributed by atoms with van der Waals surface area (Å²) in [6, 6.07) is 12.4. The van der Waals surface area contributed by atoms with Crippen LogP contribution in [0.3, 0.4) is 0 Å². The lowest BCUT2D eigenvalue weighted by Crippen LogP contribution is -2.25. The molecule has 1 aromatic carbocycles. The summed E-state index contributed by atoms with van der Waals surface area (Å²) in [7, 11) is -0.935. The average Bonchev–Trinajstić information content (AvgIpc) is 3.48. The molecule has 3 rings (SSSR count). The summed E-state index contributed by atoms with van der Waals surface area (Å²) < 4.78 is 46.6. The van der Waals surface area contributed by atoms with Crippen LogP contribution in [-0.4, -0.2) is 41.1 Å². The third-order valence-corrected chi connectivity index (χ3v) is 7.25. The van der Waals surface area contributed by atoms with Gasteiger partial charge < -0.3 is 18.6 Å². The molecule has 0 unspecified atom stereocenters. The zero-order valence-electron chi connectivity index (χ0n) is 16.6. The van der Waals surface area contributed by atoms with Crippen LogP contribution in [0.1, 0.15) is 16.3 Å². The highest BCUT2D eigenvalue weighted by Crippen LogP contribution is 2.26. The molecule has 3 aromatic rings. The maximum Gasteiger partial charge on any atom is 0.373 e. The van der Waals surface area contributed by atoms with Gasteiger partial charge >= 0.3 is 11.9 Å². The molecule has 164 valence electrons. The van der Waals surface area contributed by atoms with Crippen LogP contribution in [0, 0.1) is 0 Å². The first-order valence-corrected chi connectivity index (χ1v) is 11.2. The molecule has 31 heavy (non-hydrogen) atoms. The summed E-state index contributed by atoms with van der Waals surface area (Å²) in [5, 5.41) is 1.70. The number of hydrogen-bond donors (Lipinski definition) is 0. The van der Waals surface area contributed by atoms with Crippen LogP contribution in [0.4, 0.5) is 5.69 Å². The Morgan fingerprint density at radius 3 is 2.48 bits per heavy atom. The van der Waals surface area contributed by atoms with Crippen molar-refractivity contribution in [2.75, 3.05) is 25.1 Å². The minimum absolute atomic E-state index is 0.0101. The number of nitrogens with zero attached hydrogens (tertiary/aromatic N) is 1. The number of ether oxygens (including phenoxy) is 3. The van der Waals surface area contributed by atoms with Gasteiger partial charge in [0.1, 0.15) is 22.3 Å². The molecule has 0 radical (unpaired) electrons. The van der Waals surface area contributed by atoms with Gasteiger partial charge in [0.2, 0.25) is 5.76 Å². The van der Waals surface area contributed by atoms with Gasteiger partial charge in [0.25, 0.3) is 10.0 Å². The molecule has 9 nitrogen and oxygen atoms in total. The zero-order valence-corrected chi connectivity index (χ0v) is 18.3. The van der Waals surface area contributed by atoms with Gasteiger partial charge in [0.05, 0.1) is 12.8 Å². The monoisotopic (exact) mass is 465 g/mol. The highest BCUT2D eigenvalue weighted by molar-refractivity contribution is 7.94. The molecule has 0 atom stereocenters. The number of carbonyl (C=O) groups is 2. The van der Waals surface area contributed by atoms with Gasteiger partial charge in [0, 0.05) is 7.05 Å². The van der Waals surface area contributed by atoms with Crippen LogP contribution in [-0.2, 0) is 30.9 Å². The summed E-state index contributed by atoms with van der Waals surface area (Å²) >= 11 is 1.14. The first-order valence-electron chi connectivity index (χ1n) is 8.89. The molecule has 0 amide bonds. The van der Waals surface area contributed by atoms with E-state index in [2.05, 4.69) is 4.74 Å². The number of anilines is 1. The topological polar surface area (TPSA) is 112 Å². The Hall–Kier alpha value is -3.31. The highest BCUT2D eigenvalue weighted by atomic mass is 32.2. The van der Waals surface area contributed by atoms with Crippen LogP contribution in [0.15, 0.2) is 62.5 Å². The van der Waals surface area contributed by atoms with E-state index >= 15 is 0 Å². The molecular formula is C20H19NO8S2. The van der Waals surface area contributed by atoms with E-state index in [-0.39, 0.29) is 28.9 Å². The van der Waals surface area contributed by atoms with Crippen molar-refractivity contribution >= 4 is 39.0 Å². The van der Waals surface area contributed by atoms with Crippen LogP contribution >= 0.6 is 11.3 Å². The Bertz CT molecular complexity index is 1130. The van der Waals surface area contributed by atoms with Crippen LogP contribution in [0.5, 0.6) is 5.75 Å². The average molecular weight is 466 g/mol. The summed E-state index contributed by atoms with van der Waals surface area (Å²) in [4.78, 5) is 23.2. The fourth-order valence-electron chi connectivity index (χ4n) is 2.44. The molecule has 0 saturated heterocycles. The number of rotatable bonds is 9. The molecule has 0 N–H and O–H groups in total. The number of carbonyl (C=O) groups excluding carboxylic acids is 2. The number of esters is 2. The van der Waals surface area contributed by atoms with Gasteiger partial charge in [-0.05, 0) is 47.8 Å². The first kappa shape index (κ1) is 22.4. The molecule has 0 aliphatic heterocycles. The second kappa shape index (κ2) is 9.67. The predicted octanol–water partition coefficient (Wildman–Crippen LogP) is 3.08. The number of hydrogen-bond acceptors (Lipinski definition) is 9. The van der Waals surface area contributed by atoms with Gasteiger partial charge in [-0.1, -0.05) is 6.07 Å². The quantitative estimate of drug-likeness (QED) is 0.443. The summed E-state index contributed by atoms with van der Waals surface area (Å²) in [5.74, 6) is -0.603. The van der Waals surface area contributed by atoms with Crippen molar-refractivity contribution in [3.63, 3.8) is 0 Å². The predicted molar refractivity (Wildman–Crippen MR) is 112 cm³/mol. The zero-order chi connectivity index (χ0) is 22.4. The van der Waals surface area contributed by atoms with Crippen molar-refractivity contribution in [2.24, 2.45) is 0 Å². The Balaban J connectivity index is 1.50. The van der Waals surface area contributed by atoms with E-state index in [9.17, 15) is 18.0 Å². The normalized spacial score (nSPS) is 11.0.